The van der Waals surface area contributed by atoms with Crippen molar-refractivity contribution in [3.8, 4) is 0 Å². The Labute approximate surface area is 193 Å². The van der Waals surface area contributed by atoms with Crippen LogP contribution in [0.2, 0.25) is 10.0 Å². The zero-order valence-corrected chi connectivity index (χ0v) is 18.0. The summed E-state index contributed by atoms with van der Waals surface area (Å²) in [4.78, 5) is 26.0. The molecule has 0 bridgehead atoms. The molecule has 0 aliphatic carbocycles. The molecule has 10 heteroatoms. The van der Waals surface area contributed by atoms with Crippen LogP contribution in [0.15, 0.2) is 79.3 Å². The Kier molecular flexibility index (Phi) is 6.44. The highest BCUT2D eigenvalue weighted by Gasteiger charge is 2.29. The molecule has 2 heterocycles. The van der Waals surface area contributed by atoms with Crippen LogP contribution < -0.4 is 10.2 Å². The molecule has 0 amide bonds. The predicted molar refractivity (Wildman–Crippen MR) is 125 cm³/mol. The molecule has 0 fully saturated rings. The summed E-state index contributed by atoms with van der Waals surface area (Å²) in [5, 5.41) is 15.8. The fourth-order valence-corrected chi connectivity index (χ4v) is 3.66. The van der Waals surface area contributed by atoms with Gasteiger partial charge in [0.25, 0.3) is 0 Å². The smallest absolute Gasteiger partial charge is 0.334 e. The molecule has 0 radical (unpaired) electrons. The molecule has 0 saturated carbocycles. The number of hydrogen-bond donors (Lipinski definition) is 1. The first kappa shape index (κ1) is 21.5. The van der Waals surface area contributed by atoms with Crippen molar-refractivity contribution in [3.05, 3.63) is 105 Å². The SMILES string of the molecule is O=[N+]([O-])c1c(Nc2cc(Cl)cc(Cl)c2)ncnc1N(Cc1ccccc1)c1ccccn1. The first-order valence-corrected chi connectivity index (χ1v) is 10.2. The first-order valence-electron chi connectivity index (χ1n) is 9.46. The fraction of sp³-hybridized carbons (Fsp3) is 0.0455. The molecule has 160 valence electrons. The third-order valence-electron chi connectivity index (χ3n) is 4.48. The van der Waals surface area contributed by atoms with Gasteiger partial charge in [0.1, 0.15) is 12.1 Å². The molecule has 0 spiro atoms. The summed E-state index contributed by atoms with van der Waals surface area (Å²) in [7, 11) is 0. The highest BCUT2D eigenvalue weighted by atomic mass is 35.5. The third-order valence-corrected chi connectivity index (χ3v) is 4.91. The van der Waals surface area contributed by atoms with Crippen molar-refractivity contribution in [1.82, 2.24) is 15.0 Å². The molecule has 0 aliphatic heterocycles. The van der Waals surface area contributed by atoms with Gasteiger partial charge in [-0.1, -0.05) is 59.6 Å². The van der Waals surface area contributed by atoms with Gasteiger partial charge in [0.05, 0.1) is 11.5 Å². The van der Waals surface area contributed by atoms with Gasteiger partial charge in [-0.3, -0.25) is 10.1 Å². The van der Waals surface area contributed by atoms with E-state index in [1.807, 2.05) is 30.3 Å². The standard InChI is InChI=1S/C22H16Cl2N6O2/c23-16-10-17(24)12-18(11-16)28-21-20(30(31)32)22(27-14-26-21)29(19-8-4-5-9-25-19)13-15-6-2-1-3-7-15/h1-12,14H,13H2,(H,26,27,28). The van der Waals surface area contributed by atoms with Crippen molar-refractivity contribution >= 4 is 52.0 Å². The van der Waals surface area contributed by atoms with Crippen LogP contribution in [0.3, 0.4) is 0 Å². The molecular weight excluding hydrogens is 451 g/mol. The van der Waals surface area contributed by atoms with E-state index in [-0.39, 0.29) is 17.3 Å². The Morgan fingerprint density at radius 1 is 0.938 bits per heavy atom. The van der Waals surface area contributed by atoms with Crippen LogP contribution in [0.25, 0.3) is 0 Å². The molecule has 4 aromatic rings. The molecule has 2 aromatic heterocycles. The molecule has 32 heavy (non-hydrogen) atoms. The van der Waals surface area contributed by atoms with Crippen LogP contribution in [0.4, 0.5) is 28.8 Å². The van der Waals surface area contributed by atoms with Gasteiger partial charge in [0, 0.05) is 21.9 Å². The number of aromatic nitrogens is 3. The largest absolute Gasteiger partial charge is 0.354 e. The van der Waals surface area contributed by atoms with E-state index in [2.05, 4.69) is 20.3 Å². The lowest BCUT2D eigenvalue weighted by atomic mass is 10.2. The maximum absolute atomic E-state index is 12.1. The number of anilines is 4. The van der Waals surface area contributed by atoms with E-state index in [1.54, 1.807) is 47.5 Å². The highest BCUT2D eigenvalue weighted by Crippen LogP contribution is 2.37. The number of hydrogen-bond acceptors (Lipinski definition) is 7. The van der Waals surface area contributed by atoms with E-state index in [0.717, 1.165) is 5.56 Å². The Morgan fingerprint density at radius 3 is 2.31 bits per heavy atom. The van der Waals surface area contributed by atoms with E-state index in [4.69, 9.17) is 23.2 Å². The molecule has 0 aliphatic rings. The zero-order chi connectivity index (χ0) is 22.5. The van der Waals surface area contributed by atoms with Crippen molar-refractivity contribution < 1.29 is 4.92 Å². The molecule has 0 saturated heterocycles. The number of rotatable bonds is 7. The lowest BCUT2D eigenvalue weighted by molar-refractivity contribution is -0.383. The van der Waals surface area contributed by atoms with Gasteiger partial charge in [-0.15, -0.1) is 0 Å². The summed E-state index contributed by atoms with van der Waals surface area (Å²) >= 11 is 12.1. The summed E-state index contributed by atoms with van der Waals surface area (Å²) in [5.41, 5.74) is 1.09. The van der Waals surface area contributed by atoms with Crippen molar-refractivity contribution in [2.75, 3.05) is 10.2 Å². The van der Waals surface area contributed by atoms with Crippen LogP contribution in [0, 0.1) is 10.1 Å². The van der Waals surface area contributed by atoms with Crippen LogP contribution in [0.5, 0.6) is 0 Å². The van der Waals surface area contributed by atoms with E-state index in [1.165, 1.54) is 6.33 Å². The third kappa shape index (κ3) is 4.93. The van der Waals surface area contributed by atoms with Crippen LogP contribution in [-0.2, 0) is 6.54 Å². The van der Waals surface area contributed by atoms with E-state index < -0.39 is 4.92 Å². The second-order valence-corrected chi connectivity index (χ2v) is 7.57. The molecular formula is C22H16Cl2N6O2. The summed E-state index contributed by atoms with van der Waals surface area (Å²) < 4.78 is 0. The van der Waals surface area contributed by atoms with Crippen LogP contribution in [0.1, 0.15) is 5.56 Å². The minimum atomic E-state index is -0.523. The lowest BCUT2D eigenvalue weighted by Gasteiger charge is -2.23. The quantitative estimate of drug-likeness (QED) is 0.257. The summed E-state index contributed by atoms with van der Waals surface area (Å²) in [6, 6.07) is 19.7. The van der Waals surface area contributed by atoms with E-state index in [9.17, 15) is 10.1 Å². The molecule has 0 atom stereocenters. The Bertz CT molecular complexity index is 1220. The Morgan fingerprint density at radius 2 is 1.66 bits per heavy atom. The topological polar surface area (TPSA) is 97.1 Å². The van der Waals surface area contributed by atoms with Gasteiger partial charge in [-0.25, -0.2) is 15.0 Å². The van der Waals surface area contributed by atoms with Gasteiger partial charge in [0.15, 0.2) is 0 Å². The molecule has 0 unspecified atom stereocenters. The van der Waals surface area contributed by atoms with Crippen LogP contribution in [-0.4, -0.2) is 19.9 Å². The minimum absolute atomic E-state index is 0.00678. The number of nitro groups is 1. The average Bonchev–Trinajstić information content (AvgIpc) is 2.78. The monoisotopic (exact) mass is 466 g/mol. The van der Waals surface area contributed by atoms with Gasteiger partial charge in [-0.05, 0) is 35.9 Å². The number of pyridine rings is 1. The van der Waals surface area contributed by atoms with Gasteiger partial charge >= 0.3 is 5.69 Å². The number of nitrogens with zero attached hydrogens (tertiary/aromatic N) is 5. The van der Waals surface area contributed by atoms with Crippen molar-refractivity contribution in [1.29, 1.82) is 0 Å². The van der Waals surface area contributed by atoms with Gasteiger partial charge in [-0.2, -0.15) is 0 Å². The average molecular weight is 467 g/mol. The summed E-state index contributed by atoms with van der Waals surface area (Å²) in [6.07, 6.45) is 2.88. The Hall–Kier alpha value is -3.75. The molecule has 2 aromatic carbocycles. The number of nitrogens with one attached hydrogen (secondary N) is 1. The maximum Gasteiger partial charge on any atom is 0.354 e. The second kappa shape index (κ2) is 9.59. The summed E-state index contributed by atoms with van der Waals surface area (Å²) in [5.74, 6) is 0.616. The van der Waals surface area contributed by atoms with Crippen molar-refractivity contribution in [2.45, 2.75) is 6.54 Å². The van der Waals surface area contributed by atoms with Gasteiger partial charge in [0.2, 0.25) is 11.6 Å². The predicted octanol–water partition coefficient (Wildman–Crippen LogP) is 6.17. The second-order valence-electron chi connectivity index (χ2n) is 6.69. The molecule has 1 N–H and O–H groups in total. The minimum Gasteiger partial charge on any atom is -0.334 e. The summed E-state index contributed by atoms with van der Waals surface area (Å²) in [6.45, 7) is 0.318. The van der Waals surface area contributed by atoms with Crippen molar-refractivity contribution in [3.63, 3.8) is 0 Å². The van der Waals surface area contributed by atoms with E-state index in [0.29, 0.717) is 28.1 Å². The number of benzene rings is 2. The normalized spacial score (nSPS) is 10.6. The maximum atomic E-state index is 12.1. The first-order chi connectivity index (χ1) is 15.5. The Balaban J connectivity index is 1.82. The highest BCUT2D eigenvalue weighted by molar-refractivity contribution is 6.35. The molecule has 8 nitrogen and oxygen atoms in total. The van der Waals surface area contributed by atoms with Crippen molar-refractivity contribution in [2.24, 2.45) is 0 Å². The number of halogens is 2. The van der Waals surface area contributed by atoms with Crippen LogP contribution >= 0.6 is 23.2 Å². The van der Waals surface area contributed by atoms with Gasteiger partial charge < -0.3 is 10.2 Å². The van der Waals surface area contributed by atoms with E-state index >= 15 is 0 Å². The zero-order valence-electron chi connectivity index (χ0n) is 16.5. The fourth-order valence-electron chi connectivity index (χ4n) is 3.13. The lowest BCUT2D eigenvalue weighted by Crippen LogP contribution is -2.21. The molecule has 4 rings (SSSR count).